The molecule has 0 aromatic heterocycles. The SMILES string of the molecule is CCCc1cc(O)c([C@@H]2C=C(C)CCC2C(C)(I)CI)c(O)c1. The van der Waals surface area contributed by atoms with Gasteiger partial charge in [0.25, 0.3) is 0 Å². The summed E-state index contributed by atoms with van der Waals surface area (Å²) in [4.78, 5) is 0. The van der Waals surface area contributed by atoms with Gasteiger partial charge in [-0.05, 0) is 56.7 Å². The van der Waals surface area contributed by atoms with E-state index in [2.05, 4.69) is 72.0 Å². The number of hydrogen-bond acceptors (Lipinski definition) is 2. The van der Waals surface area contributed by atoms with E-state index < -0.39 is 0 Å². The molecule has 0 spiro atoms. The second kappa shape index (κ2) is 7.93. The minimum absolute atomic E-state index is 0.0797. The summed E-state index contributed by atoms with van der Waals surface area (Å²) in [5.74, 6) is 0.985. The van der Waals surface area contributed by atoms with Crippen molar-refractivity contribution in [1.82, 2.24) is 0 Å². The van der Waals surface area contributed by atoms with Crippen molar-refractivity contribution in [3.05, 3.63) is 34.9 Å². The van der Waals surface area contributed by atoms with Gasteiger partial charge in [0, 0.05) is 19.3 Å². The van der Waals surface area contributed by atoms with E-state index in [1.807, 2.05) is 12.1 Å². The van der Waals surface area contributed by atoms with Crippen LogP contribution in [0.15, 0.2) is 23.8 Å². The van der Waals surface area contributed by atoms with Crippen molar-refractivity contribution < 1.29 is 10.2 Å². The molecule has 4 heteroatoms. The number of aromatic hydroxyl groups is 2. The summed E-state index contributed by atoms with van der Waals surface area (Å²) >= 11 is 5.00. The average molecular weight is 540 g/mol. The molecule has 3 atom stereocenters. The summed E-state index contributed by atoms with van der Waals surface area (Å²) in [5.41, 5.74) is 3.07. The second-order valence-corrected chi connectivity index (χ2v) is 10.1. The predicted octanol–water partition coefficient (Wildman–Crippen LogP) is 6.12. The van der Waals surface area contributed by atoms with Crippen molar-refractivity contribution >= 4 is 45.2 Å². The molecule has 0 heterocycles. The zero-order valence-corrected chi connectivity index (χ0v) is 18.4. The van der Waals surface area contributed by atoms with Gasteiger partial charge in [-0.1, -0.05) is 70.2 Å². The molecule has 2 rings (SSSR count). The van der Waals surface area contributed by atoms with E-state index in [-0.39, 0.29) is 20.8 Å². The Morgan fingerprint density at radius 2 is 1.87 bits per heavy atom. The molecule has 1 aliphatic rings. The first-order valence-electron chi connectivity index (χ1n) is 8.27. The molecule has 0 amide bonds. The van der Waals surface area contributed by atoms with Gasteiger partial charge in [0.05, 0.1) is 0 Å². The van der Waals surface area contributed by atoms with E-state index in [4.69, 9.17) is 0 Å². The van der Waals surface area contributed by atoms with Gasteiger partial charge >= 0.3 is 0 Å². The molecule has 0 saturated heterocycles. The van der Waals surface area contributed by atoms with E-state index in [0.29, 0.717) is 11.5 Å². The molecule has 2 N–H and O–H groups in total. The van der Waals surface area contributed by atoms with Crippen LogP contribution in [0.3, 0.4) is 0 Å². The fourth-order valence-electron chi connectivity index (χ4n) is 3.58. The van der Waals surface area contributed by atoms with E-state index in [9.17, 15) is 10.2 Å². The summed E-state index contributed by atoms with van der Waals surface area (Å²) in [6.07, 6.45) is 6.34. The van der Waals surface area contributed by atoms with Crippen LogP contribution >= 0.6 is 45.2 Å². The molecular formula is C19H26I2O2. The Bertz CT molecular complexity index is 570. The topological polar surface area (TPSA) is 40.5 Å². The minimum atomic E-state index is 0.0797. The van der Waals surface area contributed by atoms with E-state index in [0.717, 1.165) is 35.7 Å². The number of benzene rings is 1. The standard InChI is InChI=1S/C19H26I2O2/c1-4-5-13-9-16(22)18(17(23)10-13)14-8-12(2)6-7-15(14)19(3,21)11-20/h8-10,14-15,22-23H,4-7,11H2,1-3H3/t14-,15?,19?/m1/s1. The molecule has 2 nitrogen and oxygen atoms in total. The van der Waals surface area contributed by atoms with Gasteiger partial charge in [-0.15, -0.1) is 0 Å². The third kappa shape index (κ3) is 4.35. The summed E-state index contributed by atoms with van der Waals surface area (Å²) < 4.78 is 1.19. The lowest BCUT2D eigenvalue weighted by molar-refractivity contribution is 0.345. The molecule has 0 saturated carbocycles. The highest BCUT2D eigenvalue weighted by Crippen LogP contribution is 2.50. The van der Waals surface area contributed by atoms with Crippen LogP contribution in [-0.2, 0) is 6.42 Å². The van der Waals surface area contributed by atoms with Crippen LogP contribution in [-0.4, -0.2) is 18.1 Å². The molecule has 23 heavy (non-hydrogen) atoms. The number of aryl methyl sites for hydroxylation is 1. The lowest BCUT2D eigenvalue weighted by Gasteiger charge is -2.39. The zero-order valence-electron chi connectivity index (χ0n) is 14.1. The normalized spacial score (nSPS) is 24.1. The van der Waals surface area contributed by atoms with Crippen LogP contribution < -0.4 is 0 Å². The van der Waals surface area contributed by atoms with Crippen LogP contribution in [0.25, 0.3) is 0 Å². The number of phenols is 2. The molecule has 1 aromatic rings. The summed E-state index contributed by atoms with van der Waals surface area (Å²) in [5, 5.41) is 21.2. The number of phenolic OH excluding ortho intramolecular Hbond substituents is 2. The number of hydrogen-bond donors (Lipinski definition) is 2. The second-order valence-electron chi connectivity index (χ2n) is 6.89. The van der Waals surface area contributed by atoms with Gasteiger partial charge in [0.1, 0.15) is 11.5 Å². The largest absolute Gasteiger partial charge is 0.507 e. The molecule has 2 unspecified atom stereocenters. The monoisotopic (exact) mass is 540 g/mol. The Morgan fingerprint density at radius 1 is 1.26 bits per heavy atom. The Kier molecular flexibility index (Phi) is 6.67. The van der Waals surface area contributed by atoms with Crippen LogP contribution in [0.4, 0.5) is 0 Å². The van der Waals surface area contributed by atoms with Crippen molar-refractivity contribution in [3.63, 3.8) is 0 Å². The highest BCUT2D eigenvalue weighted by atomic mass is 127. The number of allylic oxidation sites excluding steroid dienone is 2. The number of alkyl halides is 2. The highest BCUT2D eigenvalue weighted by Gasteiger charge is 2.39. The Morgan fingerprint density at radius 3 is 2.39 bits per heavy atom. The first-order valence-corrected chi connectivity index (χ1v) is 10.9. The van der Waals surface area contributed by atoms with Crippen molar-refractivity contribution in [2.75, 3.05) is 4.43 Å². The van der Waals surface area contributed by atoms with Crippen molar-refractivity contribution in [2.45, 2.75) is 55.8 Å². The quantitative estimate of drug-likeness (QED) is 0.269. The van der Waals surface area contributed by atoms with E-state index in [1.165, 1.54) is 5.57 Å². The molecule has 0 bridgehead atoms. The molecular weight excluding hydrogens is 514 g/mol. The molecule has 1 aliphatic carbocycles. The van der Waals surface area contributed by atoms with Crippen LogP contribution in [0, 0.1) is 5.92 Å². The maximum Gasteiger partial charge on any atom is 0.123 e. The summed E-state index contributed by atoms with van der Waals surface area (Å²) in [7, 11) is 0. The molecule has 0 radical (unpaired) electrons. The molecule has 128 valence electrons. The van der Waals surface area contributed by atoms with Crippen LogP contribution in [0.1, 0.15) is 57.1 Å². The summed E-state index contributed by atoms with van der Waals surface area (Å²) in [6, 6.07) is 3.67. The smallest absolute Gasteiger partial charge is 0.123 e. The van der Waals surface area contributed by atoms with Gasteiger partial charge in [0.2, 0.25) is 0 Å². The Hall–Kier alpha value is 0.0200. The third-order valence-electron chi connectivity index (χ3n) is 4.85. The van der Waals surface area contributed by atoms with E-state index >= 15 is 0 Å². The van der Waals surface area contributed by atoms with Gasteiger partial charge in [0.15, 0.2) is 0 Å². The maximum atomic E-state index is 10.6. The van der Waals surface area contributed by atoms with Gasteiger partial charge < -0.3 is 10.2 Å². The lowest BCUT2D eigenvalue weighted by atomic mass is 9.71. The van der Waals surface area contributed by atoms with Crippen molar-refractivity contribution in [1.29, 1.82) is 0 Å². The fraction of sp³-hybridized carbons (Fsp3) is 0.579. The number of rotatable bonds is 5. The average Bonchev–Trinajstić information content (AvgIpc) is 2.46. The summed E-state index contributed by atoms with van der Waals surface area (Å²) in [6.45, 7) is 6.54. The zero-order chi connectivity index (χ0) is 17.2. The lowest BCUT2D eigenvalue weighted by Crippen LogP contribution is -2.35. The molecule has 1 aromatic carbocycles. The molecule has 0 aliphatic heterocycles. The van der Waals surface area contributed by atoms with Crippen molar-refractivity contribution in [3.8, 4) is 11.5 Å². The van der Waals surface area contributed by atoms with Gasteiger partial charge in [-0.25, -0.2) is 0 Å². The molecule has 0 fully saturated rings. The van der Waals surface area contributed by atoms with Gasteiger partial charge in [-0.2, -0.15) is 0 Å². The highest BCUT2D eigenvalue weighted by molar-refractivity contribution is 14.1. The Balaban J connectivity index is 2.50. The first kappa shape index (κ1) is 19.3. The maximum absolute atomic E-state index is 10.6. The fourth-order valence-corrected chi connectivity index (χ4v) is 4.85. The third-order valence-corrected chi connectivity index (χ3v) is 9.08. The number of halogens is 2. The van der Waals surface area contributed by atoms with Crippen molar-refractivity contribution in [2.24, 2.45) is 5.92 Å². The van der Waals surface area contributed by atoms with E-state index in [1.54, 1.807) is 0 Å². The van der Waals surface area contributed by atoms with Crippen LogP contribution in [0.5, 0.6) is 11.5 Å². The Labute approximate surface area is 167 Å². The first-order chi connectivity index (χ1) is 10.8. The minimum Gasteiger partial charge on any atom is -0.507 e. The predicted molar refractivity (Wildman–Crippen MR) is 114 cm³/mol. The van der Waals surface area contributed by atoms with Gasteiger partial charge in [-0.3, -0.25) is 0 Å². The van der Waals surface area contributed by atoms with Crippen LogP contribution in [0.2, 0.25) is 0 Å².